The highest BCUT2D eigenvalue weighted by molar-refractivity contribution is 5.80. The van der Waals surface area contributed by atoms with Crippen LogP contribution in [0.15, 0.2) is 0 Å². The van der Waals surface area contributed by atoms with Gasteiger partial charge in [-0.3, -0.25) is 14.4 Å². The number of carbonyl (C=O) groups excluding carboxylic acids is 2. The predicted octanol–water partition coefficient (Wildman–Crippen LogP) is 15.1. The minimum Gasteiger partial charge on any atom is -0.480 e. The van der Waals surface area contributed by atoms with Crippen molar-refractivity contribution in [3.8, 4) is 0 Å². The van der Waals surface area contributed by atoms with Crippen molar-refractivity contribution in [2.45, 2.75) is 283 Å². The summed E-state index contributed by atoms with van der Waals surface area (Å²) in [6.45, 7) is 4.26. The minimum absolute atomic E-state index is 0.00529. The molecule has 1 amide bonds. The molecular weight excluding hydrogens is 671 g/mol. The summed E-state index contributed by atoms with van der Waals surface area (Å²) < 4.78 is 6.06. The van der Waals surface area contributed by atoms with Gasteiger partial charge in [0.1, 0.15) is 12.6 Å². The fourth-order valence-corrected chi connectivity index (χ4v) is 7.70. The molecule has 1 atom stereocenters. The van der Waals surface area contributed by atoms with E-state index in [9.17, 15) is 14.4 Å². The van der Waals surface area contributed by atoms with E-state index < -0.39 is 5.97 Å². The van der Waals surface area contributed by atoms with Crippen molar-refractivity contribution in [1.82, 2.24) is 5.32 Å². The molecule has 0 radical (unpaired) electrons. The summed E-state index contributed by atoms with van der Waals surface area (Å²) in [7, 11) is 0. The van der Waals surface area contributed by atoms with Crippen LogP contribution in [0.5, 0.6) is 0 Å². The Morgan fingerprint density at radius 3 is 1.00 bits per heavy atom. The molecule has 0 aromatic heterocycles. The number of carboxylic acids is 1. The highest BCUT2D eigenvalue weighted by Gasteiger charge is 2.14. The summed E-state index contributed by atoms with van der Waals surface area (Å²) in [6.07, 6.45) is 51.0. The van der Waals surface area contributed by atoms with Gasteiger partial charge in [-0.2, -0.15) is 0 Å². The van der Waals surface area contributed by atoms with Crippen LogP contribution < -0.4 is 5.32 Å². The number of hydrogen-bond acceptors (Lipinski definition) is 4. The fourth-order valence-electron chi connectivity index (χ4n) is 7.70. The van der Waals surface area contributed by atoms with Gasteiger partial charge in [-0.15, -0.1) is 0 Å². The third-order valence-corrected chi connectivity index (χ3v) is 11.3. The smallest absolute Gasteiger partial charge is 0.322 e. The largest absolute Gasteiger partial charge is 0.480 e. The van der Waals surface area contributed by atoms with E-state index in [0.717, 1.165) is 64.2 Å². The van der Waals surface area contributed by atoms with Gasteiger partial charge in [-0.05, 0) is 38.5 Å². The Morgan fingerprint density at radius 2 is 0.685 bits per heavy atom. The molecule has 0 spiro atoms. The van der Waals surface area contributed by atoms with E-state index in [1.54, 1.807) is 0 Å². The molecule has 54 heavy (non-hydrogen) atoms. The molecule has 0 fully saturated rings. The first kappa shape index (κ1) is 52.4. The molecule has 6 heteroatoms. The van der Waals surface area contributed by atoms with Crippen LogP contribution in [0, 0.1) is 0 Å². The molecule has 0 saturated heterocycles. The van der Waals surface area contributed by atoms with Crippen molar-refractivity contribution in [3.05, 3.63) is 0 Å². The van der Waals surface area contributed by atoms with Gasteiger partial charge in [-0.25, -0.2) is 0 Å². The first-order valence-electron chi connectivity index (χ1n) is 24.2. The van der Waals surface area contributed by atoms with Crippen molar-refractivity contribution < 1.29 is 24.2 Å². The van der Waals surface area contributed by atoms with Gasteiger partial charge in [-0.1, -0.05) is 226 Å². The maximum absolute atomic E-state index is 12.8. The van der Waals surface area contributed by atoms with Gasteiger partial charge in [0.15, 0.2) is 0 Å². The Morgan fingerprint density at radius 1 is 0.407 bits per heavy atom. The van der Waals surface area contributed by atoms with Crippen molar-refractivity contribution >= 4 is 17.8 Å². The van der Waals surface area contributed by atoms with Gasteiger partial charge in [0.25, 0.3) is 0 Å². The summed E-state index contributed by atoms with van der Waals surface area (Å²) in [5.41, 5.74) is 0. The summed E-state index contributed by atoms with van der Waals surface area (Å²) in [5.74, 6) is -1.20. The average Bonchev–Trinajstić information content (AvgIpc) is 3.16. The average molecular weight is 764 g/mol. The van der Waals surface area contributed by atoms with E-state index >= 15 is 0 Å². The Kier molecular flexibility index (Phi) is 42.8. The van der Waals surface area contributed by atoms with Gasteiger partial charge in [0.05, 0.1) is 0 Å². The zero-order chi connectivity index (χ0) is 39.4. The van der Waals surface area contributed by atoms with Crippen LogP contribution in [0.25, 0.3) is 0 Å². The molecule has 0 rings (SSSR count). The van der Waals surface area contributed by atoms with Gasteiger partial charge in [0.2, 0.25) is 5.91 Å². The molecule has 2 N–H and O–H groups in total. The lowest BCUT2D eigenvalue weighted by Gasteiger charge is -2.18. The van der Waals surface area contributed by atoms with E-state index in [0.29, 0.717) is 12.8 Å². The first-order valence-corrected chi connectivity index (χ1v) is 24.2. The highest BCUT2D eigenvalue weighted by Crippen LogP contribution is 2.20. The number of amides is 1. The summed E-state index contributed by atoms with van der Waals surface area (Å²) >= 11 is 0. The second kappa shape index (κ2) is 44.1. The number of nitrogens with one attached hydrogen (secondary N) is 1. The fraction of sp³-hybridized carbons (Fsp3) is 0.938. The standard InChI is InChI=1S/C48H93NO5/c1-3-5-7-9-11-13-15-17-19-20-22-24-26-28-30-35-39-43-48(53)54-45(41-37-33-31-34-38-42-46(50)49-44-47(51)52)40-36-32-29-27-25-23-21-18-16-14-12-10-8-6-4-2/h45H,3-44H2,1-2H3,(H,49,50)(H,51,52). The Hall–Kier alpha value is -1.59. The summed E-state index contributed by atoms with van der Waals surface area (Å²) in [4.78, 5) is 35.1. The van der Waals surface area contributed by atoms with Crippen LogP contribution in [0.4, 0.5) is 0 Å². The van der Waals surface area contributed by atoms with Crippen LogP contribution in [0.3, 0.4) is 0 Å². The summed E-state index contributed by atoms with van der Waals surface area (Å²) in [6, 6.07) is 0. The van der Waals surface area contributed by atoms with Gasteiger partial charge in [0, 0.05) is 12.8 Å². The molecule has 0 aromatic rings. The number of carbonyl (C=O) groups is 3. The lowest BCUT2D eigenvalue weighted by atomic mass is 10.0. The van der Waals surface area contributed by atoms with E-state index in [-0.39, 0.29) is 24.5 Å². The zero-order valence-corrected chi connectivity index (χ0v) is 36.4. The van der Waals surface area contributed by atoms with Crippen molar-refractivity contribution in [1.29, 1.82) is 0 Å². The van der Waals surface area contributed by atoms with Crippen molar-refractivity contribution in [3.63, 3.8) is 0 Å². The Bertz CT molecular complexity index is 802. The molecule has 0 aliphatic heterocycles. The monoisotopic (exact) mass is 764 g/mol. The third kappa shape index (κ3) is 43.1. The SMILES string of the molecule is CCCCCCCCCCCCCCCCCCCC(=O)OC(CCCCCCCCCCCCCCCCC)CCCCCCCC(=O)NCC(=O)O. The number of unbranched alkanes of at least 4 members (excludes halogenated alkanes) is 34. The second-order valence-corrected chi connectivity index (χ2v) is 16.7. The lowest BCUT2D eigenvalue weighted by molar-refractivity contribution is -0.150. The maximum atomic E-state index is 12.8. The summed E-state index contributed by atoms with van der Waals surface area (Å²) in [5, 5.41) is 11.1. The van der Waals surface area contributed by atoms with E-state index in [1.807, 2.05) is 0 Å². The topological polar surface area (TPSA) is 92.7 Å². The van der Waals surface area contributed by atoms with Crippen molar-refractivity contribution in [2.24, 2.45) is 0 Å². The number of hydrogen-bond donors (Lipinski definition) is 2. The molecule has 320 valence electrons. The first-order chi connectivity index (χ1) is 26.5. The van der Waals surface area contributed by atoms with Crippen molar-refractivity contribution in [2.75, 3.05) is 6.54 Å². The molecule has 0 aromatic carbocycles. The van der Waals surface area contributed by atoms with E-state index in [1.165, 1.54) is 186 Å². The van der Waals surface area contributed by atoms with Crippen LogP contribution >= 0.6 is 0 Å². The van der Waals surface area contributed by atoms with Crippen LogP contribution in [-0.2, 0) is 19.1 Å². The second-order valence-electron chi connectivity index (χ2n) is 16.7. The molecule has 0 aliphatic carbocycles. The van der Waals surface area contributed by atoms with Gasteiger partial charge < -0.3 is 15.2 Å². The highest BCUT2D eigenvalue weighted by atomic mass is 16.5. The normalized spacial score (nSPS) is 11.9. The number of ether oxygens (including phenoxy) is 1. The van der Waals surface area contributed by atoms with Crippen LogP contribution in [-0.4, -0.2) is 35.6 Å². The van der Waals surface area contributed by atoms with E-state index in [4.69, 9.17) is 9.84 Å². The molecule has 0 heterocycles. The number of esters is 1. The molecular formula is C48H93NO5. The predicted molar refractivity (Wildman–Crippen MR) is 231 cm³/mol. The number of aliphatic carboxylic acids is 1. The number of rotatable bonds is 45. The Labute approximate surface area is 336 Å². The Balaban J connectivity index is 4.08. The molecule has 0 aliphatic rings. The molecule has 6 nitrogen and oxygen atoms in total. The minimum atomic E-state index is -1.01. The van der Waals surface area contributed by atoms with Crippen LogP contribution in [0.2, 0.25) is 0 Å². The lowest BCUT2D eigenvalue weighted by Crippen LogP contribution is -2.28. The molecule has 0 bridgehead atoms. The van der Waals surface area contributed by atoms with Crippen LogP contribution in [0.1, 0.15) is 277 Å². The molecule has 1 unspecified atom stereocenters. The molecule has 0 saturated carbocycles. The maximum Gasteiger partial charge on any atom is 0.322 e. The quantitative estimate of drug-likeness (QED) is 0.0476. The number of carboxylic acid groups (broad SMARTS) is 1. The van der Waals surface area contributed by atoms with Gasteiger partial charge >= 0.3 is 11.9 Å². The third-order valence-electron chi connectivity index (χ3n) is 11.3. The van der Waals surface area contributed by atoms with E-state index in [2.05, 4.69) is 19.2 Å². The zero-order valence-electron chi connectivity index (χ0n) is 36.4.